The van der Waals surface area contributed by atoms with Crippen molar-refractivity contribution in [3.63, 3.8) is 0 Å². The zero-order chi connectivity index (χ0) is 19.6. The average molecular weight is 365 g/mol. The SMILES string of the molecule is COC(=O)c1c(OC(C)=O)ccc2cc(C)n(Cc3ccccc3)c(=O)c12. The number of ether oxygens (including phenoxy) is 2. The molecule has 0 saturated heterocycles. The number of aromatic nitrogens is 1. The van der Waals surface area contributed by atoms with Gasteiger partial charge in [-0.3, -0.25) is 9.59 Å². The van der Waals surface area contributed by atoms with Gasteiger partial charge in [0.25, 0.3) is 5.56 Å². The first-order valence-corrected chi connectivity index (χ1v) is 8.40. The van der Waals surface area contributed by atoms with Crippen molar-refractivity contribution in [1.29, 1.82) is 0 Å². The molecule has 0 fully saturated rings. The maximum absolute atomic E-state index is 13.2. The molecule has 0 amide bonds. The van der Waals surface area contributed by atoms with E-state index < -0.39 is 11.9 Å². The van der Waals surface area contributed by atoms with Gasteiger partial charge in [0.2, 0.25) is 0 Å². The van der Waals surface area contributed by atoms with Crippen molar-refractivity contribution < 1.29 is 19.1 Å². The predicted molar refractivity (Wildman–Crippen MR) is 101 cm³/mol. The second-order valence-corrected chi connectivity index (χ2v) is 6.15. The maximum Gasteiger partial charge on any atom is 0.342 e. The summed E-state index contributed by atoms with van der Waals surface area (Å²) >= 11 is 0. The number of benzene rings is 2. The van der Waals surface area contributed by atoms with Gasteiger partial charge in [0, 0.05) is 12.6 Å². The first kappa shape index (κ1) is 18.4. The van der Waals surface area contributed by atoms with Crippen LogP contribution in [-0.4, -0.2) is 23.6 Å². The van der Waals surface area contributed by atoms with E-state index in [1.165, 1.54) is 20.1 Å². The smallest absolute Gasteiger partial charge is 0.342 e. The number of carbonyl (C=O) groups is 2. The fourth-order valence-corrected chi connectivity index (χ4v) is 3.06. The summed E-state index contributed by atoms with van der Waals surface area (Å²) in [5, 5.41) is 0.750. The molecule has 0 aliphatic rings. The minimum Gasteiger partial charge on any atom is -0.465 e. The molecule has 27 heavy (non-hydrogen) atoms. The van der Waals surface area contributed by atoms with Gasteiger partial charge in [0.1, 0.15) is 11.3 Å². The molecule has 6 heteroatoms. The molecule has 0 aliphatic heterocycles. The quantitative estimate of drug-likeness (QED) is 0.525. The molecular weight excluding hydrogens is 346 g/mol. The van der Waals surface area contributed by atoms with Gasteiger partial charge in [0.05, 0.1) is 19.0 Å². The van der Waals surface area contributed by atoms with Crippen molar-refractivity contribution in [2.75, 3.05) is 7.11 Å². The van der Waals surface area contributed by atoms with Gasteiger partial charge in [0.15, 0.2) is 0 Å². The number of methoxy groups -OCH3 is 1. The lowest BCUT2D eigenvalue weighted by molar-refractivity contribution is -0.131. The molecule has 0 radical (unpaired) electrons. The summed E-state index contributed by atoms with van der Waals surface area (Å²) in [5.74, 6) is -1.31. The molecule has 138 valence electrons. The van der Waals surface area contributed by atoms with Gasteiger partial charge in [-0.2, -0.15) is 0 Å². The molecule has 0 aliphatic carbocycles. The van der Waals surface area contributed by atoms with Gasteiger partial charge in [-0.05, 0) is 30.0 Å². The maximum atomic E-state index is 13.2. The lowest BCUT2D eigenvalue weighted by atomic mass is 10.0. The van der Waals surface area contributed by atoms with Crippen LogP contribution in [0.4, 0.5) is 0 Å². The Bertz CT molecular complexity index is 1080. The van der Waals surface area contributed by atoms with Gasteiger partial charge >= 0.3 is 11.9 Å². The first-order valence-electron chi connectivity index (χ1n) is 8.40. The number of pyridine rings is 1. The molecule has 3 aromatic rings. The number of rotatable bonds is 4. The standard InChI is InChI=1S/C21H19NO5/c1-13-11-16-9-10-17(27-14(2)23)19(21(25)26-3)18(16)20(24)22(13)12-15-7-5-4-6-8-15/h4-11H,12H2,1-3H3. The Balaban J connectivity index is 2.29. The molecule has 2 aromatic carbocycles. The summed E-state index contributed by atoms with van der Waals surface area (Å²) in [4.78, 5) is 37.0. The van der Waals surface area contributed by atoms with Gasteiger partial charge < -0.3 is 14.0 Å². The van der Waals surface area contributed by atoms with Crippen LogP contribution in [0.25, 0.3) is 10.8 Å². The summed E-state index contributed by atoms with van der Waals surface area (Å²) in [6, 6.07) is 14.5. The number of aryl methyl sites for hydroxylation is 1. The Morgan fingerprint density at radius 3 is 2.41 bits per heavy atom. The van der Waals surface area contributed by atoms with E-state index in [4.69, 9.17) is 9.47 Å². The number of esters is 2. The summed E-state index contributed by atoms with van der Waals surface area (Å²) in [7, 11) is 1.22. The van der Waals surface area contributed by atoms with E-state index in [0.29, 0.717) is 11.9 Å². The number of carbonyl (C=O) groups excluding carboxylic acids is 2. The predicted octanol–water partition coefficient (Wildman–Crippen LogP) is 3.07. The second-order valence-electron chi connectivity index (χ2n) is 6.15. The molecule has 0 spiro atoms. The molecule has 0 atom stereocenters. The first-order chi connectivity index (χ1) is 12.9. The van der Waals surface area contributed by atoms with Crippen molar-refractivity contribution in [3.8, 4) is 5.75 Å². The van der Waals surface area contributed by atoms with Crippen molar-refractivity contribution >= 4 is 22.7 Å². The molecule has 1 aromatic heterocycles. The van der Waals surface area contributed by atoms with Crippen LogP contribution in [0.5, 0.6) is 5.75 Å². The van der Waals surface area contributed by atoms with Crippen molar-refractivity contribution in [2.24, 2.45) is 0 Å². The number of hydrogen-bond acceptors (Lipinski definition) is 5. The van der Waals surface area contributed by atoms with Crippen molar-refractivity contribution in [2.45, 2.75) is 20.4 Å². The number of fused-ring (bicyclic) bond motifs is 1. The van der Waals surface area contributed by atoms with E-state index in [0.717, 1.165) is 11.3 Å². The zero-order valence-corrected chi connectivity index (χ0v) is 15.3. The Hall–Kier alpha value is -3.41. The fraction of sp³-hybridized carbons (Fsp3) is 0.190. The third kappa shape index (κ3) is 3.60. The van der Waals surface area contributed by atoms with Crippen LogP contribution >= 0.6 is 0 Å². The van der Waals surface area contributed by atoms with Crippen LogP contribution in [0.15, 0.2) is 53.3 Å². The molecule has 0 saturated carbocycles. The van der Waals surface area contributed by atoms with Crippen molar-refractivity contribution in [3.05, 3.63) is 75.7 Å². The second kappa shape index (κ2) is 7.45. The third-order valence-electron chi connectivity index (χ3n) is 4.28. The Kier molecular flexibility index (Phi) is 5.07. The fourth-order valence-electron chi connectivity index (χ4n) is 3.06. The van der Waals surface area contributed by atoms with E-state index in [1.807, 2.05) is 43.3 Å². The van der Waals surface area contributed by atoms with Gasteiger partial charge in [-0.1, -0.05) is 36.4 Å². The van der Waals surface area contributed by atoms with Crippen molar-refractivity contribution in [1.82, 2.24) is 4.57 Å². The summed E-state index contributed by atoms with van der Waals surface area (Å²) in [5.41, 5.74) is 1.32. The van der Waals surface area contributed by atoms with Crippen LogP contribution in [-0.2, 0) is 16.1 Å². The minimum atomic E-state index is -0.732. The summed E-state index contributed by atoms with van der Waals surface area (Å²) < 4.78 is 11.5. The topological polar surface area (TPSA) is 74.6 Å². The normalized spacial score (nSPS) is 10.6. The van der Waals surface area contributed by atoms with E-state index in [9.17, 15) is 14.4 Å². The molecule has 0 N–H and O–H groups in total. The highest BCUT2D eigenvalue weighted by Crippen LogP contribution is 2.28. The summed E-state index contributed by atoms with van der Waals surface area (Å²) in [6.07, 6.45) is 0. The summed E-state index contributed by atoms with van der Waals surface area (Å²) in [6.45, 7) is 3.43. The van der Waals surface area contributed by atoms with Crippen LogP contribution in [0.2, 0.25) is 0 Å². The van der Waals surface area contributed by atoms with Gasteiger partial charge in [-0.25, -0.2) is 4.79 Å². The number of nitrogens with zero attached hydrogens (tertiary/aromatic N) is 1. The Morgan fingerprint density at radius 1 is 1.07 bits per heavy atom. The van der Waals surface area contributed by atoms with Gasteiger partial charge in [-0.15, -0.1) is 0 Å². The lowest BCUT2D eigenvalue weighted by Crippen LogP contribution is -2.25. The van der Waals surface area contributed by atoms with Crippen LogP contribution in [0.3, 0.4) is 0 Å². The third-order valence-corrected chi connectivity index (χ3v) is 4.28. The average Bonchev–Trinajstić information content (AvgIpc) is 2.65. The molecule has 0 bridgehead atoms. The lowest BCUT2D eigenvalue weighted by Gasteiger charge is -2.15. The Morgan fingerprint density at radius 2 is 1.78 bits per heavy atom. The molecular formula is C21H19NO5. The highest BCUT2D eigenvalue weighted by Gasteiger charge is 2.22. The highest BCUT2D eigenvalue weighted by molar-refractivity contribution is 6.07. The van der Waals surface area contributed by atoms with E-state index in [2.05, 4.69) is 0 Å². The van der Waals surface area contributed by atoms with Crippen LogP contribution < -0.4 is 10.3 Å². The zero-order valence-electron chi connectivity index (χ0n) is 15.3. The highest BCUT2D eigenvalue weighted by atomic mass is 16.5. The largest absolute Gasteiger partial charge is 0.465 e. The van der Waals surface area contributed by atoms with Crippen LogP contribution in [0.1, 0.15) is 28.5 Å². The number of hydrogen-bond donors (Lipinski definition) is 0. The van der Waals surface area contributed by atoms with Crippen LogP contribution in [0, 0.1) is 6.92 Å². The molecule has 0 unspecified atom stereocenters. The molecule has 6 nitrogen and oxygen atoms in total. The minimum absolute atomic E-state index is 0.00839. The Labute approximate surface area is 156 Å². The van der Waals surface area contributed by atoms with E-state index >= 15 is 0 Å². The molecule has 3 rings (SSSR count). The molecule has 1 heterocycles. The van der Waals surface area contributed by atoms with E-state index in [-0.39, 0.29) is 22.3 Å². The van der Waals surface area contributed by atoms with E-state index in [1.54, 1.807) is 10.6 Å². The monoisotopic (exact) mass is 365 g/mol.